The topological polar surface area (TPSA) is 101 Å². The quantitative estimate of drug-likeness (QED) is 0.518. The summed E-state index contributed by atoms with van der Waals surface area (Å²) in [7, 11) is 0. The van der Waals surface area contributed by atoms with Crippen LogP contribution in [-0.2, 0) is 0 Å². The van der Waals surface area contributed by atoms with Crippen molar-refractivity contribution in [1.82, 2.24) is 39.9 Å². The van der Waals surface area contributed by atoms with Crippen LogP contribution in [0.1, 0.15) is 51.9 Å². The highest BCUT2D eigenvalue weighted by molar-refractivity contribution is 7.13. The Bertz CT molecular complexity index is 1230. The molecule has 4 aromatic rings. The number of thiazole rings is 1. The number of hydrogen-bond acceptors (Lipinski definition) is 8. The van der Waals surface area contributed by atoms with Gasteiger partial charge in [-0.1, -0.05) is 20.8 Å². The van der Waals surface area contributed by atoms with Crippen molar-refractivity contribution in [3.8, 4) is 27.8 Å². The van der Waals surface area contributed by atoms with E-state index in [1.165, 1.54) is 0 Å². The van der Waals surface area contributed by atoms with E-state index in [9.17, 15) is 0 Å². The van der Waals surface area contributed by atoms with E-state index >= 15 is 0 Å². The van der Waals surface area contributed by atoms with Crippen molar-refractivity contribution in [2.75, 3.05) is 4.90 Å². The maximum atomic E-state index is 5.09. The predicted molar refractivity (Wildman–Crippen MR) is 118 cm³/mol. The van der Waals surface area contributed by atoms with E-state index in [0.717, 1.165) is 52.9 Å². The third-order valence-electron chi connectivity index (χ3n) is 6.35. The molecule has 10 heteroatoms. The van der Waals surface area contributed by atoms with Gasteiger partial charge in [-0.25, -0.2) is 15.0 Å². The Morgan fingerprint density at radius 2 is 2.10 bits per heavy atom. The highest BCUT2D eigenvalue weighted by Gasteiger charge is 2.46. The largest absolute Gasteiger partial charge is 0.341 e. The summed E-state index contributed by atoms with van der Waals surface area (Å²) >= 11 is 1.56. The van der Waals surface area contributed by atoms with Crippen molar-refractivity contribution in [3.63, 3.8) is 0 Å². The molecule has 4 aromatic heterocycles. The number of H-pyrrole nitrogens is 1. The van der Waals surface area contributed by atoms with Crippen LogP contribution in [0.4, 0.5) is 5.82 Å². The normalized spacial score (nSPS) is 19.7. The summed E-state index contributed by atoms with van der Waals surface area (Å²) < 4.78 is 2.03. The fourth-order valence-corrected chi connectivity index (χ4v) is 5.62. The lowest BCUT2D eigenvalue weighted by atomic mass is 9.67. The first-order valence-corrected chi connectivity index (χ1v) is 11.4. The lowest BCUT2D eigenvalue weighted by Crippen LogP contribution is -2.52. The minimum Gasteiger partial charge on any atom is -0.341 e. The second-order valence-corrected chi connectivity index (χ2v) is 9.91. The predicted octanol–water partition coefficient (Wildman–Crippen LogP) is 4.03. The fourth-order valence-electron chi connectivity index (χ4n) is 4.97. The van der Waals surface area contributed by atoms with E-state index in [4.69, 9.17) is 9.97 Å². The van der Waals surface area contributed by atoms with Crippen molar-refractivity contribution in [3.05, 3.63) is 36.1 Å². The fraction of sp³-hybridized carbons (Fsp3) is 0.429. The minimum atomic E-state index is 0.140. The van der Waals surface area contributed by atoms with Crippen molar-refractivity contribution < 1.29 is 0 Å². The number of anilines is 1. The van der Waals surface area contributed by atoms with Gasteiger partial charge in [0.2, 0.25) is 0 Å². The van der Waals surface area contributed by atoms with Crippen LogP contribution in [0.5, 0.6) is 0 Å². The zero-order valence-electron chi connectivity index (χ0n) is 17.6. The Labute approximate surface area is 183 Å². The number of fused-ring (bicyclic) bond motifs is 3. The zero-order chi connectivity index (χ0) is 21.2. The minimum absolute atomic E-state index is 0.140. The van der Waals surface area contributed by atoms with Gasteiger partial charge >= 0.3 is 0 Å². The summed E-state index contributed by atoms with van der Waals surface area (Å²) in [6.07, 6.45) is 10.4. The molecule has 6 rings (SSSR count). The number of rotatable bonds is 4. The standard InChI is InChI=1S/C21H23N9S/c1-4-14-19-28-25-11-29(19)15-10-23-17(13-9-24-27-16(13)20-22-5-6-31-20)26-18(15)30(14)12-7-21(2,3)8-12/h5-6,9-12,14H,4,7-8H2,1-3H3,(H,24,27)/t14-/m1/s1. The molecular weight excluding hydrogens is 410 g/mol. The molecule has 0 aromatic carbocycles. The Kier molecular flexibility index (Phi) is 4.01. The van der Waals surface area contributed by atoms with Crippen molar-refractivity contribution >= 4 is 17.2 Å². The van der Waals surface area contributed by atoms with Crippen LogP contribution >= 0.6 is 11.3 Å². The Morgan fingerprint density at radius 1 is 1.23 bits per heavy atom. The van der Waals surface area contributed by atoms with Gasteiger partial charge in [0, 0.05) is 17.6 Å². The number of nitrogens with one attached hydrogen (secondary N) is 1. The highest BCUT2D eigenvalue weighted by atomic mass is 32.1. The van der Waals surface area contributed by atoms with Crippen LogP contribution in [0.25, 0.3) is 27.8 Å². The van der Waals surface area contributed by atoms with Gasteiger partial charge in [-0.15, -0.1) is 21.5 Å². The lowest BCUT2D eigenvalue weighted by Gasteiger charge is -2.52. The van der Waals surface area contributed by atoms with E-state index < -0.39 is 0 Å². The SMILES string of the molecule is CC[C@@H]1c2nncn2-c2cnc(-c3cn[nH]c3-c3nccs3)nc2N1C1CC(C)(C)C1. The Hall–Kier alpha value is -3.14. The summed E-state index contributed by atoms with van der Waals surface area (Å²) in [5, 5.41) is 18.8. The van der Waals surface area contributed by atoms with Gasteiger partial charge in [0.15, 0.2) is 17.5 Å². The molecule has 1 aliphatic heterocycles. The molecule has 0 bridgehead atoms. The molecule has 1 aliphatic carbocycles. The average molecular weight is 434 g/mol. The van der Waals surface area contributed by atoms with Crippen molar-refractivity contribution in [2.24, 2.45) is 5.41 Å². The third kappa shape index (κ3) is 2.81. The van der Waals surface area contributed by atoms with Gasteiger partial charge in [0.25, 0.3) is 0 Å². The third-order valence-corrected chi connectivity index (χ3v) is 7.14. The van der Waals surface area contributed by atoms with Gasteiger partial charge < -0.3 is 4.90 Å². The van der Waals surface area contributed by atoms with Crippen LogP contribution < -0.4 is 4.90 Å². The summed E-state index contributed by atoms with van der Waals surface area (Å²) in [5.74, 6) is 2.55. The molecule has 1 atom stereocenters. The molecule has 0 saturated heterocycles. The monoisotopic (exact) mass is 433 g/mol. The van der Waals surface area contributed by atoms with Gasteiger partial charge in [-0.2, -0.15) is 5.10 Å². The average Bonchev–Trinajstić information content (AvgIpc) is 3.51. The molecular formula is C21H23N9S. The first-order valence-electron chi connectivity index (χ1n) is 10.5. The van der Waals surface area contributed by atoms with Gasteiger partial charge in [-0.05, 0) is 24.7 Å². The van der Waals surface area contributed by atoms with Gasteiger partial charge in [-0.3, -0.25) is 9.67 Å². The molecule has 31 heavy (non-hydrogen) atoms. The smallest absolute Gasteiger partial charge is 0.165 e. The number of aromatic nitrogens is 8. The van der Waals surface area contributed by atoms with Gasteiger partial charge in [0.05, 0.1) is 24.0 Å². The molecule has 1 fully saturated rings. The lowest BCUT2D eigenvalue weighted by molar-refractivity contribution is 0.136. The van der Waals surface area contributed by atoms with E-state index in [2.05, 4.69) is 51.0 Å². The summed E-state index contributed by atoms with van der Waals surface area (Å²) in [5.41, 5.74) is 2.98. The number of hydrogen-bond donors (Lipinski definition) is 1. The second kappa shape index (κ2) is 6.68. The zero-order valence-corrected chi connectivity index (χ0v) is 18.5. The molecule has 2 aliphatic rings. The molecule has 9 nitrogen and oxygen atoms in total. The molecule has 5 heterocycles. The maximum absolute atomic E-state index is 5.09. The molecule has 158 valence electrons. The molecule has 1 N–H and O–H groups in total. The van der Waals surface area contributed by atoms with E-state index in [1.807, 2.05) is 16.1 Å². The van der Waals surface area contributed by atoms with E-state index in [1.54, 1.807) is 30.1 Å². The van der Waals surface area contributed by atoms with Crippen molar-refractivity contribution in [1.29, 1.82) is 0 Å². The summed E-state index contributed by atoms with van der Waals surface area (Å²) in [6, 6.07) is 0.566. The molecule has 0 amide bonds. The summed E-state index contributed by atoms with van der Waals surface area (Å²) in [4.78, 5) is 16.7. The maximum Gasteiger partial charge on any atom is 0.165 e. The Morgan fingerprint density at radius 3 is 2.84 bits per heavy atom. The number of aromatic amines is 1. The first kappa shape index (κ1) is 18.6. The first-order chi connectivity index (χ1) is 15.1. The highest BCUT2D eigenvalue weighted by Crippen LogP contribution is 2.49. The van der Waals surface area contributed by atoms with Crippen molar-refractivity contribution in [2.45, 2.75) is 52.1 Å². The van der Waals surface area contributed by atoms with E-state index in [0.29, 0.717) is 17.3 Å². The molecule has 0 unspecified atom stereocenters. The van der Waals surface area contributed by atoms with Gasteiger partial charge in [0.1, 0.15) is 22.7 Å². The van der Waals surface area contributed by atoms with Crippen LogP contribution in [0.3, 0.4) is 0 Å². The molecule has 0 spiro atoms. The van der Waals surface area contributed by atoms with Crippen LogP contribution in [-0.4, -0.2) is 46.0 Å². The molecule has 0 radical (unpaired) electrons. The Balaban J connectivity index is 1.50. The van der Waals surface area contributed by atoms with Crippen LogP contribution in [0.15, 0.2) is 30.3 Å². The number of nitrogens with zero attached hydrogens (tertiary/aromatic N) is 8. The second-order valence-electron chi connectivity index (χ2n) is 9.02. The van der Waals surface area contributed by atoms with Crippen LogP contribution in [0.2, 0.25) is 0 Å². The summed E-state index contributed by atoms with van der Waals surface area (Å²) in [6.45, 7) is 6.86. The molecule has 1 saturated carbocycles. The van der Waals surface area contributed by atoms with Crippen LogP contribution in [0, 0.1) is 5.41 Å². The van der Waals surface area contributed by atoms with E-state index in [-0.39, 0.29) is 6.04 Å².